The van der Waals surface area contributed by atoms with Crippen LogP contribution < -0.4 is 20.5 Å². The summed E-state index contributed by atoms with van der Waals surface area (Å²) < 4.78 is 50.6. The van der Waals surface area contributed by atoms with E-state index in [0.29, 0.717) is 38.5 Å². The fourth-order valence-corrected chi connectivity index (χ4v) is 5.01. The number of anilines is 2. The van der Waals surface area contributed by atoms with Crippen LogP contribution in [0.5, 0.6) is 5.75 Å². The Balaban J connectivity index is 1.09. The van der Waals surface area contributed by atoms with Crippen LogP contribution in [0, 0.1) is 0 Å². The van der Waals surface area contributed by atoms with Crippen molar-refractivity contribution in [3.8, 4) is 5.75 Å². The number of alkyl halides is 3. The van der Waals surface area contributed by atoms with E-state index in [1.54, 1.807) is 11.1 Å². The summed E-state index contributed by atoms with van der Waals surface area (Å²) in [5, 5.41) is 9.67. The Morgan fingerprint density at radius 1 is 1.29 bits per heavy atom. The molecule has 2 N–H and O–H groups in total. The molecule has 0 aromatic carbocycles. The number of amides is 1. The number of carbonyl (C=O) groups is 1. The highest BCUT2D eigenvalue weighted by Gasteiger charge is 2.37. The Bertz CT molecular complexity index is 1220. The molecule has 2 aromatic heterocycles. The van der Waals surface area contributed by atoms with Gasteiger partial charge in [-0.3, -0.25) is 9.59 Å². The van der Waals surface area contributed by atoms with Crippen molar-refractivity contribution in [2.24, 2.45) is 0 Å². The van der Waals surface area contributed by atoms with Crippen molar-refractivity contribution in [2.45, 2.75) is 56.8 Å². The molecule has 2 aromatic rings. The van der Waals surface area contributed by atoms with E-state index in [1.807, 2.05) is 11.8 Å². The summed E-state index contributed by atoms with van der Waals surface area (Å²) in [6, 6.07) is 0.826. The van der Waals surface area contributed by atoms with Crippen molar-refractivity contribution in [1.82, 2.24) is 20.1 Å². The monoisotopic (exact) mass is 536 g/mol. The number of hydrogen-bond acceptors (Lipinski definition) is 8. The van der Waals surface area contributed by atoms with E-state index < -0.39 is 11.7 Å². The lowest BCUT2D eigenvalue weighted by Crippen LogP contribution is -2.55. The number of nitrogens with zero attached hydrogens (tertiary/aromatic N) is 4. The molecular formula is C25H31F3N6O4. The molecule has 3 aliphatic rings. The zero-order chi connectivity index (χ0) is 26.9. The van der Waals surface area contributed by atoms with E-state index in [4.69, 9.17) is 9.47 Å². The molecule has 206 valence electrons. The number of carbonyl (C=O) groups excluding carboxylic acids is 1. The second-order valence-electron chi connectivity index (χ2n) is 10.0. The Kier molecular flexibility index (Phi) is 7.46. The number of rotatable bonds is 8. The van der Waals surface area contributed by atoms with Crippen molar-refractivity contribution in [1.29, 1.82) is 0 Å². The van der Waals surface area contributed by atoms with Crippen LogP contribution in [0.2, 0.25) is 0 Å². The zero-order valence-electron chi connectivity index (χ0n) is 21.1. The molecule has 1 saturated carbocycles. The molecule has 4 heterocycles. The van der Waals surface area contributed by atoms with Crippen LogP contribution in [-0.2, 0) is 15.7 Å². The van der Waals surface area contributed by atoms with Crippen molar-refractivity contribution < 1.29 is 27.4 Å². The number of fused-ring (bicyclic) bond motifs is 3. The summed E-state index contributed by atoms with van der Waals surface area (Å²) in [4.78, 5) is 32.7. The molecule has 1 saturated heterocycles. The molecule has 0 bridgehead atoms. The lowest BCUT2D eigenvalue weighted by molar-refractivity contribution is -0.138. The normalized spacial score (nSPS) is 20.2. The highest BCUT2D eigenvalue weighted by molar-refractivity contribution is 5.76. The smallest absolute Gasteiger partial charge is 0.418 e. The summed E-state index contributed by atoms with van der Waals surface area (Å²) in [5.74, 6) is 0.749. The minimum Gasteiger partial charge on any atom is -0.490 e. The first kappa shape index (κ1) is 26.3. The highest BCUT2D eigenvalue weighted by Crippen LogP contribution is 2.41. The molecule has 13 heteroatoms. The molecule has 38 heavy (non-hydrogen) atoms. The maximum atomic E-state index is 13.1. The van der Waals surface area contributed by atoms with Crippen molar-refractivity contribution in [3.05, 3.63) is 39.9 Å². The lowest BCUT2D eigenvalue weighted by Gasteiger charge is -2.41. The predicted octanol–water partition coefficient (Wildman–Crippen LogP) is 2.77. The van der Waals surface area contributed by atoms with Crippen LogP contribution in [0.4, 0.5) is 24.7 Å². The number of pyridine rings is 1. The Morgan fingerprint density at radius 3 is 2.87 bits per heavy atom. The van der Waals surface area contributed by atoms with Crippen LogP contribution in [0.1, 0.15) is 49.7 Å². The van der Waals surface area contributed by atoms with Gasteiger partial charge in [-0.2, -0.15) is 18.3 Å². The average Bonchev–Trinajstić information content (AvgIpc) is 3.72. The SMILES string of the molecule is C[C@@H](COCCC(=O)N1CCN2c3ncc(C(F)(F)F)cc3OCC[C@@H]2C1)Nc1cn[nH]c(=O)c1C1CC1. The quantitative estimate of drug-likeness (QED) is 0.496. The van der Waals surface area contributed by atoms with Gasteiger partial charge in [0.15, 0.2) is 11.6 Å². The first-order valence-electron chi connectivity index (χ1n) is 12.9. The average molecular weight is 537 g/mol. The molecule has 1 aliphatic carbocycles. The van der Waals surface area contributed by atoms with E-state index in [9.17, 15) is 22.8 Å². The van der Waals surface area contributed by atoms with Crippen LogP contribution in [0.15, 0.2) is 23.3 Å². The summed E-state index contributed by atoms with van der Waals surface area (Å²) in [5.41, 5.74) is 0.454. The molecule has 0 unspecified atom stereocenters. The second-order valence-corrected chi connectivity index (χ2v) is 10.0. The van der Waals surface area contributed by atoms with Gasteiger partial charge in [0.1, 0.15) is 0 Å². The summed E-state index contributed by atoms with van der Waals surface area (Å²) in [6.45, 7) is 4.15. The van der Waals surface area contributed by atoms with Crippen LogP contribution in [-0.4, -0.2) is 77.5 Å². The van der Waals surface area contributed by atoms with Gasteiger partial charge in [-0.1, -0.05) is 0 Å². The number of ether oxygens (including phenoxy) is 2. The number of hydrogen-bond donors (Lipinski definition) is 2. The number of aromatic amines is 1. The third kappa shape index (κ3) is 5.87. The molecule has 1 amide bonds. The predicted molar refractivity (Wildman–Crippen MR) is 132 cm³/mol. The minimum absolute atomic E-state index is 0.0363. The first-order valence-corrected chi connectivity index (χ1v) is 12.9. The van der Waals surface area contributed by atoms with Gasteiger partial charge in [-0.15, -0.1) is 0 Å². The molecule has 2 aliphatic heterocycles. The minimum atomic E-state index is -4.49. The molecule has 5 rings (SSSR count). The van der Waals surface area contributed by atoms with Gasteiger partial charge < -0.3 is 24.6 Å². The van der Waals surface area contributed by atoms with Gasteiger partial charge in [-0.25, -0.2) is 10.1 Å². The van der Waals surface area contributed by atoms with Crippen LogP contribution >= 0.6 is 0 Å². The number of halogens is 3. The molecule has 2 atom stereocenters. The second kappa shape index (κ2) is 10.8. The van der Waals surface area contributed by atoms with Crippen LogP contribution in [0.25, 0.3) is 0 Å². The zero-order valence-corrected chi connectivity index (χ0v) is 21.1. The molecule has 0 radical (unpaired) electrons. The topological polar surface area (TPSA) is 113 Å². The van der Waals surface area contributed by atoms with Gasteiger partial charge in [0.2, 0.25) is 5.91 Å². The molecule has 10 nitrogen and oxygen atoms in total. The van der Waals surface area contributed by atoms with Gasteiger partial charge in [-0.05, 0) is 31.7 Å². The number of piperazine rings is 1. The van der Waals surface area contributed by atoms with Crippen molar-refractivity contribution >= 4 is 17.4 Å². The fourth-order valence-electron chi connectivity index (χ4n) is 5.01. The van der Waals surface area contributed by atoms with E-state index in [0.717, 1.165) is 36.4 Å². The van der Waals surface area contributed by atoms with Gasteiger partial charge >= 0.3 is 6.18 Å². The standard InChI is InChI=1S/C25H31F3N6O4/c1-15(31-19-12-30-32-24(36)22(19)16-2-3-16)14-37-8-5-21(35)33-6-7-34-18(13-33)4-9-38-20-10-17(25(26,27)28)11-29-23(20)34/h10-12,15-16,18H,2-9,13-14H2,1H3,(H2,31,32,36)/t15-,18+/m0/s1. The van der Waals surface area contributed by atoms with E-state index in [1.165, 1.54) is 0 Å². The first-order chi connectivity index (χ1) is 18.2. The molecular weight excluding hydrogens is 505 g/mol. The van der Waals surface area contributed by atoms with Crippen molar-refractivity contribution in [3.63, 3.8) is 0 Å². The highest BCUT2D eigenvalue weighted by atomic mass is 19.4. The summed E-state index contributed by atoms with van der Waals surface area (Å²) >= 11 is 0. The lowest BCUT2D eigenvalue weighted by atomic mass is 10.1. The third-order valence-electron chi connectivity index (χ3n) is 7.09. The fraction of sp³-hybridized carbons (Fsp3) is 0.600. The third-order valence-corrected chi connectivity index (χ3v) is 7.09. The Hall–Kier alpha value is -3.35. The van der Waals surface area contributed by atoms with Crippen molar-refractivity contribution in [2.75, 3.05) is 49.7 Å². The van der Waals surface area contributed by atoms with Gasteiger partial charge in [0.05, 0.1) is 49.7 Å². The van der Waals surface area contributed by atoms with E-state index >= 15 is 0 Å². The summed E-state index contributed by atoms with van der Waals surface area (Å²) in [6.07, 6.45) is 0.749. The van der Waals surface area contributed by atoms with Gasteiger partial charge in [0, 0.05) is 43.9 Å². The van der Waals surface area contributed by atoms with Crippen LogP contribution in [0.3, 0.4) is 0 Å². The largest absolute Gasteiger partial charge is 0.490 e. The molecule has 2 fully saturated rings. The maximum Gasteiger partial charge on any atom is 0.418 e. The number of aromatic nitrogens is 3. The van der Waals surface area contributed by atoms with E-state index in [2.05, 4.69) is 20.5 Å². The van der Waals surface area contributed by atoms with Gasteiger partial charge in [0.25, 0.3) is 5.56 Å². The maximum absolute atomic E-state index is 13.1. The Morgan fingerprint density at radius 2 is 2.11 bits per heavy atom. The summed E-state index contributed by atoms with van der Waals surface area (Å²) in [7, 11) is 0. The number of H-pyrrole nitrogens is 1. The number of nitrogens with one attached hydrogen (secondary N) is 2. The Labute approximate surface area is 217 Å². The van der Waals surface area contributed by atoms with E-state index in [-0.39, 0.29) is 54.9 Å². The molecule has 0 spiro atoms.